The summed E-state index contributed by atoms with van der Waals surface area (Å²) in [7, 11) is 0. The maximum atomic E-state index is 9.21. The molecule has 2 aromatic rings. The highest BCUT2D eigenvalue weighted by Gasteiger charge is 2.10. The van der Waals surface area contributed by atoms with Gasteiger partial charge in [0, 0.05) is 15.1 Å². The van der Waals surface area contributed by atoms with Crippen LogP contribution in [0.25, 0.3) is 0 Å². The molecular formula is C14H11BrN2S. The van der Waals surface area contributed by atoms with Crippen LogP contribution in [0.2, 0.25) is 0 Å². The van der Waals surface area contributed by atoms with Crippen LogP contribution >= 0.6 is 27.7 Å². The van der Waals surface area contributed by atoms with Gasteiger partial charge in [0.25, 0.3) is 0 Å². The molecule has 0 amide bonds. The summed E-state index contributed by atoms with van der Waals surface area (Å²) in [6.07, 6.45) is 0. The van der Waals surface area contributed by atoms with Crippen LogP contribution < -0.4 is 0 Å². The molecule has 0 fully saturated rings. The van der Waals surface area contributed by atoms with Gasteiger partial charge in [-0.3, -0.25) is 0 Å². The molecule has 0 radical (unpaired) electrons. The third-order valence-corrected chi connectivity index (χ3v) is 3.91. The Kier molecular flexibility index (Phi) is 4.05. The Morgan fingerprint density at radius 2 is 2.06 bits per heavy atom. The highest BCUT2D eigenvalue weighted by Crippen LogP contribution is 2.31. The third kappa shape index (κ3) is 2.92. The number of nitriles is 1. The molecule has 0 spiro atoms. The Bertz CT molecular complexity index is 632. The maximum Gasteiger partial charge on any atom is 0.119 e. The molecule has 2 rings (SSSR count). The van der Waals surface area contributed by atoms with Crippen LogP contribution in [0.4, 0.5) is 0 Å². The zero-order valence-electron chi connectivity index (χ0n) is 10.1. The molecule has 0 unspecified atom stereocenters. The number of aryl methyl sites for hydroxylation is 2. The molecule has 1 aromatic carbocycles. The van der Waals surface area contributed by atoms with Crippen molar-refractivity contribution in [3.63, 3.8) is 0 Å². The van der Waals surface area contributed by atoms with Gasteiger partial charge in [0.05, 0.1) is 5.56 Å². The minimum atomic E-state index is 0.658. The monoisotopic (exact) mass is 318 g/mol. The summed E-state index contributed by atoms with van der Waals surface area (Å²) in [5.74, 6) is 0. The lowest BCUT2D eigenvalue weighted by Crippen LogP contribution is -1.93. The van der Waals surface area contributed by atoms with E-state index < -0.39 is 0 Å². The fourth-order valence-electron chi connectivity index (χ4n) is 1.65. The van der Waals surface area contributed by atoms with Crippen molar-refractivity contribution in [2.75, 3.05) is 0 Å². The van der Waals surface area contributed by atoms with Crippen LogP contribution in [0.1, 0.15) is 16.8 Å². The molecule has 90 valence electrons. The minimum absolute atomic E-state index is 0.658. The van der Waals surface area contributed by atoms with Crippen LogP contribution in [0.5, 0.6) is 0 Å². The normalized spacial score (nSPS) is 10.1. The van der Waals surface area contributed by atoms with Crippen LogP contribution in [0.3, 0.4) is 0 Å². The second kappa shape index (κ2) is 5.55. The van der Waals surface area contributed by atoms with Crippen molar-refractivity contribution in [3.05, 3.63) is 51.6 Å². The van der Waals surface area contributed by atoms with Crippen molar-refractivity contribution in [2.24, 2.45) is 0 Å². The van der Waals surface area contributed by atoms with Gasteiger partial charge in [-0.2, -0.15) is 5.26 Å². The Labute approximate surface area is 119 Å². The first-order valence-electron chi connectivity index (χ1n) is 5.42. The molecule has 0 aliphatic carbocycles. The molecule has 1 aromatic heterocycles. The Balaban J connectivity index is 2.43. The zero-order valence-corrected chi connectivity index (χ0v) is 12.5. The quantitative estimate of drug-likeness (QED) is 0.818. The van der Waals surface area contributed by atoms with Crippen LogP contribution in [-0.4, -0.2) is 4.98 Å². The smallest absolute Gasteiger partial charge is 0.119 e. The van der Waals surface area contributed by atoms with Crippen LogP contribution in [0, 0.1) is 25.2 Å². The van der Waals surface area contributed by atoms with E-state index in [1.165, 1.54) is 11.8 Å². The highest BCUT2D eigenvalue weighted by molar-refractivity contribution is 9.10. The maximum absolute atomic E-state index is 9.21. The summed E-state index contributed by atoms with van der Waals surface area (Å²) in [6.45, 7) is 3.89. The predicted octanol–water partition coefficient (Wildman–Crippen LogP) is 4.48. The second-order valence-electron chi connectivity index (χ2n) is 3.93. The third-order valence-electron chi connectivity index (χ3n) is 2.43. The van der Waals surface area contributed by atoms with E-state index in [0.717, 1.165) is 25.7 Å². The number of pyridine rings is 1. The van der Waals surface area contributed by atoms with E-state index in [4.69, 9.17) is 0 Å². The molecule has 0 atom stereocenters. The average Bonchev–Trinajstić information content (AvgIpc) is 2.28. The summed E-state index contributed by atoms with van der Waals surface area (Å²) in [6, 6.07) is 12.1. The van der Waals surface area contributed by atoms with Gasteiger partial charge in [0.1, 0.15) is 11.1 Å². The van der Waals surface area contributed by atoms with Crippen LogP contribution in [0.15, 0.2) is 44.7 Å². The number of aromatic nitrogens is 1. The van der Waals surface area contributed by atoms with Gasteiger partial charge < -0.3 is 0 Å². The number of nitrogens with zero attached hydrogens (tertiary/aromatic N) is 2. The molecule has 0 N–H and O–H groups in total. The van der Waals surface area contributed by atoms with Gasteiger partial charge in [-0.1, -0.05) is 33.8 Å². The average molecular weight is 319 g/mol. The highest BCUT2D eigenvalue weighted by atomic mass is 79.9. The van der Waals surface area contributed by atoms with Gasteiger partial charge in [0.2, 0.25) is 0 Å². The van der Waals surface area contributed by atoms with Gasteiger partial charge in [0.15, 0.2) is 0 Å². The zero-order chi connectivity index (χ0) is 13.1. The molecule has 0 aliphatic rings. The van der Waals surface area contributed by atoms with Crippen molar-refractivity contribution in [3.8, 4) is 6.07 Å². The molecule has 0 saturated carbocycles. The lowest BCUT2D eigenvalue weighted by molar-refractivity contribution is 1.03. The Morgan fingerprint density at radius 1 is 1.28 bits per heavy atom. The molecule has 18 heavy (non-hydrogen) atoms. The SMILES string of the molecule is Cc1cc(C)c(C#N)c(Sc2cccc(Br)c2)n1. The minimum Gasteiger partial charge on any atom is -0.245 e. The van der Waals surface area contributed by atoms with E-state index in [-0.39, 0.29) is 0 Å². The molecule has 4 heteroatoms. The largest absolute Gasteiger partial charge is 0.245 e. The number of rotatable bonds is 2. The summed E-state index contributed by atoms with van der Waals surface area (Å²) in [5, 5.41) is 9.98. The molecule has 0 bridgehead atoms. The van der Waals surface area contributed by atoms with Crippen molar-refractivity contribution < 1.29 is 0 Å². The topological polar surface area (TPSA) is 36.7 Å². The predicted molar refractivity (Wildman–Crippen MR) is 76.7 cm³/mol. The van der Waals surface area contributed by atoms with Crippen molar-refractivity contribution in [1.82, 2.24) is 4.98 Å². The molecule has 0 saturated heterocycles. The van der Waals surface area contributed by atoms with Gasteiger partial charge in [-0.05, 0) is 43.7 Å². The number of halogens is 1. The van der Waals surface area contributed by atoms with Crippen LogP contribution in [-0.2, 0) is 0 Å². The van der Waals surface area contributed by atoms with E-state index in [1.54, 1.807) is 0 Å². The molecular weight excluding hydrogens is 308 g/mol. The number of hydrogen-bond acceptors (Lipinski definition) is 3. The van der Waals surface area contributed by atoms with E-state index in [1.807, 2.05) is 44.2 Å². The van der Waals surface area contributed by atoms with E-state index in [2.05, 4.69) is 27.0 Å². The lowest BCUT2D eigenvalue weighted by Gasteiger charge is -2.07. The number of hydrogen-bond donors (Lipinski definition) is 0. The summed E-state index contributed by atoms with van der Waals surface area (Å²) < 4.78 is 1.02. The fraction of sp³-hybridized carbons (Fsp3) is 0.143. The van der Waals surface area contributed by atoms with E-state index in [0.29, 0.717) is 5.56 Å². The summed E-state index contributed by atoms with van der Waals surface area (Å²) >= 11 is 4.96. The first kappa shape index (κ1) is 13.1. The van der Waals surface area contributed by atoms with Gasteiger partial charge in [-0.15, -0.1) is 0 Å². The summed E-state index contributed by atoms with van der Waals surface area (Å²) in [4.78, 5) is 5.52. The molecule has 2 nitrogen and oxygen atoms in total. The van der Waals surface area contributed by atoms with E-state index in [9.17, 15) is 5.26 Å². The van der Waals surface area contributed by atoms with Crippen molar-refractivity contribution in [2.45, 2.75) is 23.8 Å². The lowest BCUT2D eigenvalue weighted by atomic mass is 10.1. The van der Waals surface area contributed by atoms with Gasteiger partial charge >= 0.3 is 0 Å². The van der Waals surface area contributed by atoms with Gasteiger partial charge in [-0.25, -0.2) is 4.98 Å². The van der Waals surface area contributed by atoms with Crippen molar-refractivity contribution >= 4 is 27.7 Å². The second-order valence-corrected chi connectivity index (χ2v) is 5.91. The Hall–Kier alpha value is -1.31. The standard InChI is InChI=1S/C14H11BrN2S/c1-9-6-10(2)17-14(13(9)8-16)18-12-5-3-4-11(15)7-12/h3-7H,1-2H3. The van der Waals surface area contributed by atoms with Crippen molar-refractivity contribution in [1.29, 1.82) is 5.26 Å². The Morgan fingerprint density at radius 3 is 2.72 bits per heavy atom. The molecule has 1 heterocycles. The summed E-state index contributed by atoms with van der Waals surface area (Å²) in [5.41, 5.74) is 2.57. The molecule has 0 aliphatic heterocycles. The first-order chi connectivity index (χ1) is 8.60. The fourth-order valence-corrected chi connectivity index (χ4v) is 3.26. The number of benzene rings is 1. The van der Waals surface area contributed by atoms with E-state index >= 15 is 0 Å². The first-order valence-corrected chi connectivity index (χ1v) is 7.03.